The first-order chi connectivity index (χ1) is 18.6. The summed E-state index contributed by atoms with van der Waals surface area (Å²) >= 11 is 3.42. The fourth-order valence-electron chi connectivity index (χ4n) is 4.82. The molecule has 0 fully saturated rings. The van der Waals surface area contributed by atoms with Crippen LogP contribution in [-0.4, -0.2) is 27.3 Å². The minimum atomic E-state index is -0.880. The van der Waals surface area contributed by atoms with Crippen LogP contribution in [0.1, 0.15) is 45.6 Å². The molecule has 1 aromatic heterocycles. The molecule has 0 saturated carbocycles. The van der Waals surface area contributed by atoms with Gasteiger partial charge in [0, 0.05) is 27.1 Å². The molecule has 7 nitrogen and oxygen atoms in total. The number of amides is 2. The van der Waals surface area contributed by atoms with Crippen LogP contribution < -0.4 is 10.6 Å². The summed E-state index contributed by atoms with van der Waals surface area (Å²) in [6.07, 6.45) is 1.41. The molecule has 3 aromatic carbocycles. The lowest BCUT2D eigenvalue weighted by Crippen LogP contribution is -2.39. The lowest BCUT2D eigenvalue weighted by atomic mass is 9.87. The van der Waals surface area contributed by atoms with E-state index in [-0.39, 0.29) is 22.9 Å². The third-order valence-corrected chi connectivity index (χ3v) is 7.33. The van der Waals surface area contributed by atoms with Gasteiger partial charge in [-0.15, -0.1) is 0 Å². The molecule has 1 aliphatic heterocycles. The number of aryl methyl sites for hydroxylation is 3. The van der Waals surface area contributed by atoms with E-state index in [9.17, 15) is 9.59 Å². The SMILES string of the molecule is CC1=Nc2c(C(=O)Nc3ccc(C)cc3)cnn2C(c2cc(Br)ccc2F)C1C(=O)Nc1ccc(C)cc1C. The largest absolute Gasteiger partial charge is 0.325 e. The predicted molar refractivity (Wildman–Crippen MR) is 154 cm³/mol. The van der Waals surface area contributed by atoms with Gasteiger partial charge in [0.25, 0.3) is 5.91 Å². The summed E-state index contributed by atoms with van der Waals surface area (Å²) in [6, 6.07) is 16.9. The molecular weight excluding hydrogens is 561 g/mol. The van der Waals surface area contributed by atoms with Gasteiger partial charge in [-0.3, -0.25) is 9.59 Å². The summed E-state index contributed by atoms with van der Waals surface area (Å²) in [4.78, 5) is 31.7. The molecule has 4 aromatic rings. The molecule has 2 amide bonds. The van der Waals surface area contributed by atoms with Gasteiger partial charge in [-0.25, -0.2) is 14.1 Å². The molecule has 198 valence electrons. The number of nitrogens with zero attached hydrogens (tertiary/aromatic N) is 3. The van der Waals surface area contributed by atoms with Gasteiger partial charge >= 0.3 is 0 Å². The smallest absolute Gasteiger partial charge is 0.261 e. The summed E-state index contributed by atoms with van der Waals surface area (Å²) < 4.78 is 17.4. The zero-order chi connectivity index (χ0) is 27.8. The zero-order valence-corrected chi connectivity index (χ0v) is 23.5. The topological polar surface area (TPSA) is 88.4 Å². The van der Waals surface area contributed by atoms with Crippen LogP contribution in [0.25, 0.3) is 0 Å². The fraction of sp³-hybridized carbons (Fsp3) is 0.200. The number of anilines is 2. The van der Waals surface area contributed by atoms with Crippen molar-refractivity contribution in [2.24, 2.45) is 10.9 Å². The van der Waals surface area contributed by atoms with Crippen molar-refractivity contribution in [1.29, 1.82) is 0 Å². The molecule has 39 heavy (non-hydrogen) atoms. The number of halogens is 2. The molecule has 0 saturated heterocycles. The van der Waals surface area contributed by atoms with E-state index in [0.29, 0.717) is 21.6 Å². The highest BCUT2D eigenvalue weighted by atomic mass is 79.9. The molecule has 2 N–H and O–H groups in total. The predicted octanol–water partition coefficient (Wildman–Crippen LogP) is 6.91. The van der Waals surface area contributed by atoms with E-state index >= 15 is 4.39 Å². The maximum Gasteiger partial charge on any atom is 0.261 e. The Kier molecular flexibility index (Phi) is 7.18. The van der Waals surface area contributed by atoms with Crippen molar-refractivity contribution in [3.63, 3.8) is 0 Å². The highest BCUT2D eigenvalue weighted by Gasteiger charge is 2.41. The second-order valence-corrected chi connectivity index (χ2v) is 10.7. The van der Waals surface area contributed by atoms with Crippen LogP contribution in [0, 0.1) is 32.5 Å². The number of hydrogen-bond acceptors (Lipinski definition) is 4. The summed E-state index contributed by atoms with van der Waals surface area (Å²) in [5, 5.41) is 10.3. The first-order valence-electron chi connectivity index (χ1n) is 12.5. The lowest BCUT2D eigenvalue weighted by molar-refractivity contribution is -0.118. The monoisotopic (exact) mass is 587 g/mol. The highest BCUT2D eigenvalue weighted by Crippen LogP contribution is 2.40. The number of rotatable bonds is 5. The van der Waals surface area contributed by atoms with Crippen molar-refractivity contribution in [3.05, 3.63) is 105 Å². The highest BCUT2D eigenvalue weighted by molar-refractivity contribution is 9.10. The van der Waals surface area contributed by atoms with Gasteiger partial charge in [0.05, 0.1) is 12.2 Å². The molecule has 5 rings (SSSR count). The van der Waals surface area contributed by atoms with Crippen LogP contribution in [0.15, 0.2) is 76.3 Å². The Bertz CT molecular complexity index is 1630. The number of aromatic nitrogens is 2. The van der Waals surface area contributed by atoms with Crippen molar-refractivity contribution in [1.82, 2.24) is 9.78 Å². The van der Waals surface area contributed by atoms with Crippen LogP contribution in [0.3, 0.4) is 0 Å². The van der Waals surface area contributed by atoms with E-state index in [1.807, 2.05) is 63.2 Å². The van der Waals surface area contributed by atoms with Crippen LogP contribution in [-0.2, 0) is 4.79 Å². The number of hydrogen-bond donors (Lipinski definition) is 2. The van der Waals surface area contributed by atoms with Crippen molar-refractivity contribution in [2.45, 2.75) is 33.7 Å². The number of fused-ring (bicyclic) bond motifs is 1. The van der Waals surface area contributed by atoms with Crippen LogP contribution in [0.4, 0.5) is 21.6 Å². The molecule has 1 aliphatic rings. The second kappa shape index (κ2) is 10.6. The normalized spacial score (nSPS) is 16.3. The van der Waals surface area contributed by atoms with Crippen molar-refractivity contribution in [3.8, 4) is 0 Å². The molecule has 0 radical (unpaired) electrons. The van der Waals surface area contributed by atoms with E-state index in [2.05, 4.69) is 36.7 Å². The minimum absolute atomic E-state index is 0.226. The van der Waals surface area contributed by atoms with E-state index in [1.54, 1.807) is 19.1 Å². The number of aliphatic imine (C=N–C) groups is 1. The first-order valence-corrected chi connectivity index (χ1v) is 13.3. The van der Waals surface area contributed by atoms with Gasteiger partial charge in [-0.05, 0) is 69.7 Å². The number of carbonyl (C=O) groups excluding carboxylic acids is 2. The summed E-state index contributed by atoms with van der Waals surface area (Å²) in [7, 11) is 0. The van der Waals surface area contributed by atoms with Gasteiger partial charge in [-0.2, -0.15) is 5.10 Å². The quantitative estimate of drug-likeness (QED) is 0.266. The molecule has 0 spiro atoms. The Morgan fingerprint density at radius 2 is 1.64 bits per heavy atom. The third kappa shape index (κ3) is 5.27. The lowest BCUT2D eigenvalue weighted by Gasteiger charge is -2.32. The van der Waals surface area contributed by atoms with Crippen molar-refractivity contribution < 1.29 is 14.0 Å². The maximum absolute atomic E-state index is 15.3. The summed E-state index contributed by atoms with van der Waals surface area (Å²) in [6.45, 7) is 7.58. The van der Waals surface area contributed by atoms with Gasteiger partial charge in [0.15, 0.2) is 5.82 Å². The third-order valence-electron chi connectivity index (χ3n) is 6.83. The summed E-state index contributed by atoms with van der Waals surface area (Å²) in [5.74, 6) is -1.86. The molecule has 0 bridgehead atoms. The van der Waals surface area contributed by atoms with Crippen LogP contribution in [0.5, 0.6) is 0 Å². The van der Waals surface area contributed by atoms with Crippen molar-refractivity contribution in [2.75, 3.05) is 10.6 Å². The first kappa shape index (κ1) is 26.5. The Hall–Kier alpha value is -4.11. The molecule has 2 atom stereocenters. The Morgan fingerprint density at radius 1 is 0.923 bits per heavy atom. The number of nitrogens with one attached hydrogen (secondary N) is 2. The minimum Gasteiger partial charge on any atom is -0.325 e. The van der Waals surface area contributed by atoms with Crippen LogP contribution in [0.2, 0.25) is 0 Å². The van der Waals surface area contributed by atoms with E-state index in [1.165, 1.54) is 16.9 Å². The number of benzene rings is 3. The molecule has 9 heteroatoms. The Morgan fingerprint density at radius 3 is 2.36 bits per heavy atom. The average molecular weight is 588 g/mol. The van der Waals surface area contributed by atoms with Crippen LogP contribution >= 0.6 is 15.9 Å². The average Bonchev–Trinajstić information content (AvgIpc) is 3.31. The maximum atomic E-state index is 15.3. The molecule has 0 aliphatic carbocycles. The Balaban J connectivity index is 1.57. The fourth-order valence-corrected chi connectivity index (χ4v) is 5.20. The van der Waals surface area contributed by atoms with E-state index < -0.39 is 23.7 Å². The van der Waals surface area contributed by atoms with Gasteiger partial charge in [0.1, 0.15) is 17.3 Å². The Labute approximate surface area is 234 Å². The van der Waals surface area contributed by atoms with E-state index in [0.717, 1.165) is 16.7 Å². The van der Waals surface area contributed by atoms with Gasteiger partial charge < -0.3 is 10.6 Å². The molecular formula is C30H27BrFN5O2. The number of carbonyl (C=O) groups is 2. The zero-order valence-electron chi connectivity index (χ0n) is 21.9. The standard InChI is InChI=1S/C30H27BrFN5O2/c1-16-5-9-21(10-6-16)35-29(38)23-15-33-37-27(22-14-20(31)8-11-24(22)32)26(19(4)34-28(23)37)30(39)36-25-12-7-17(2)13-18(25)3/h5-15,26-27H,1-4H3,(H,35,38)(H,36,39). The molecule has 2 heterocycles. The summed E-state index contributed by atoms with van der Waals surface area (Å²) in [5.41, 5.74) is 5.28. The van der Waals surface area contributed by atoms with Crippen molar-refractivity contribution >= 4 is 50.6 Å². The van der Waals surface area contributed by atoms with Gasteiger partial charge in [-0.1, -0.05) is 51.3 Å². The second-order valence-electron chi connectivity index (χ2n) is 9.80. The van der Waals surface area contributed by atoms with E-state index in [4.69, 9.17) is 0 Å². The van der Waals surface area contributed by atoms with Gasteiger partial charge in [0.2, 0.25) is 5.91 Å². The molecule has 2 unspecified atom stereocenters.